The Kier molecular flexibility index (Phi) is 9.66. The SMILES string of the molecule is C.CC.Nc1cccc(C2OCCc3c2[nH]c2ccccc32)c1.O=[N+]([O-])c1cccc(C2OCCc3c2[nH]c2ccccc32)c1. The molecule has 2 unspecified atom stereocenters. The highest BCUT2D eigenvalue weighted by molar-refractivity contribution is 5.86. The third-order valence-electron chi connectivity index (χ3n) is 8.09. The summed E-state index contributed by atoms with van der Waals surface area (Å²) in [6, 6.07) is 31.2. The third kappa shape index (κ3) is 6.20. The van der Waals surface area contributed by atoms with Gasteiger partial charge in [-0.15, -0.1) is 0 Å². The molecule has 0 fully saturated rings. The molecule has 0 spiro atoms. The van der Waals surface area contributed by atoms with Crippen molar-refractivity contribution in [2.24, 2.45) is 0 Å². The number of nitro groups is 1. The van der Waals surface area contributed by atoms with Crippen molar-refractivity contribution in [3.05, 3.63) is 141 Å². The van der Waals surface area contributed by atoms with Crippen LogP contribution in [0.3, 0.4) is 0 Å². The summed E-state index contributed by atoms with van der Waals surface area (Å²) in [6.07, 6.45) is 1.48. The molecule has 6 aromatic rings. The molecule has 4 aromatic carbocycles. The van der Waals surface area contributed by atoms with Crippen LogP contribution in [0.2, 0.25) is 0 Å². The highest BCUT2D eigenvalue weighted by Crippen LogP contribution is 2.38. The predicted molar refractivity (Wildman–Crippen MR) is 182 cm³/mol. The van der Waals surface area contributed by atoms with Gasteiger partial charge in [0, 0.05) is 39.6 Å². The number of benzene rings is 4. The van der Waals surface area contributed by atoms with E-state index in [0.717, 1.165) is 47.5 Å². The molecule has 0 aliphatic carbocycles. The maximum Gasteiger partial charge on any atom is 0.269 e. The van der Waals surface area contributed by atoms with Crippen LogP contribution in [0.4, 0.5) is 11.4 Å². The maximum absolute atomic E-state index is 11.0. The lowest BCUT2D eigenvalue weighted by Crippen LogP contribution is -2.17. The molecule has 0 radical (unpaired) electrons. The number of para-hydroxylation sites is 2. The number of nitrogen functional groups attached to an aromatic ring is 1. The van der Waals surface area contributed by atoms with Crippen molar-refractivity contribution in [2.45, 2.75) is 46.3 Å². The quantitative estimate of drug-likeness (QED) is 0.106. The zero-order chi connectivity index (χ0) is 30.6. The molecule has 2 aromatic heterocycles. The second kappa shape index (κ2) is 13.8. The van der Waals surface area contributed by atoms with Crippen LogP contribution < -0.4 is 5.73 Å². The Balaban J connectivity index is 0.000000166. The molecule has 8 rings (SSSR count). The molecule has 2 aliphatic rings. The number of fused-ring (bicyclic) bond motifs is 6. The Morgan fingerprint density at radius 3 is 1.71 bits per heavy atom. The summed E-state index contributed by atoms with van der Waals surface area (Å²) in [5.74, 6) is 0. The first kappa shape index (κ1) is 31.5. The minimum Gasteiger partial charge on any atom is -0.399 e. The molecule has 8 nitrogen and oxygen atoms in total. The number of hydrogen-bond acceptors (Lipinski definition) is 5. The van der Waals surface area contributed by atoms with E-state index in [9.17, 15) is 10.1 Å². The minimum absolute atomic E-state index is 0. The number of non-ortho nitro benzene ring substituents is 1. The van der Waals surface area contributed by atoms with E-state index in [1.54, 1.807) is 12.1 Å². The van der Waals surface area contributed by atoms with Crippen molar-refractivity contribution < 1.29 is 14.4 Å². The fourth-order valence-electron chi connectivity index (χ4n) is 6.20. The highest BCUT2D eigenvalue weighted by atomic mass is 16.6. The number of nitrogens with two attached hydrogens (primary N) is 1. The Labute approximate surface area is 263 Å². The van der Waals surface area contributed by atoms with Crippen LogP contribution in [0.15, 0.2) is 97.1 Å². The molecule has 232 valence electrons. The molecule has 4 N–H and O–H groups in total. The van der Waals surface area contributed by atoms with Crippen molar-refractivity contribution >= 4 is 33.2 Å². The Bertz CT molecular complexity index is 1920. The van der Waals surface area contributed by atoms with Gasteiger partial charge in [-0.3, -0.25) is 10.1 Å². The number of nitro benzene ring substituents is 1. The molecule has 8 heteroatoms. The smallest absolute Gasteiger partial charge is 0.269 e. The highest BCUT2D eigenvalue weighted by Gasteiger charge is 2.28. The third-order valence-corrected chi connectivity index (χ3v) is 8.09. The van der Waals surface area contributed by atoms with Crippen LogP contribution in [-0.4, -0.2) is 28.1 Å². The van der Waals surface area contributed by atoms with E-state index in [0.29, 0.717) is 6.61 Å². The molecular weight excluding hydrogens is 564 g/mol. The standard InChI is InChI=1S/C17H14N2O3.C17H16N2O.C2H6.CH4/c20-19(21)12-5-3-4-11(10-12)17-16-14(8-9-22-17)13-6-1-2-7-15(13)18-16;18-12-5-3-4-11(10-12)17-16-14(8-9-20-17)13-6-1-2-7-15(13)19-16;1-2;/h1-7,10,17-18H,8-9H2;1-7,10,17,19H,8-9,18H2;1-2H3;1H4. The van der Waals surface area contributed by atoms with Crippen molar-refractivity contribution in [2.75, 3.05) is 18.9 Å². The number of aromatic nitrogens is 2. The van der Waals surface area contributed by atoms with Crippen molar-refractivity contribution in [3.8, 4) is 0 Å². The first-order valence-corrected chi connectivity index (χ1v) is 15.1. The Morgan fingerprint density at radius 2 is 1.20 bits per heavy atom. The van der Waals surface area contributed by atoms with E-state index in [4.69, 9.17) is 15.2 Å². The number of nitrogens with zero attached hydrogens (tertiary/aromatic N) is 1. The van der Waals surface area contributed by atoms with Gasteiger partial charge in [0.25, 0.3) is 5.69 Å². The van der Waals surface area contributed by atoms with Crippen molar-refractivity contribution in [1.82, 2.24) is 9.97 Å². The molecule has 0 bridgehead atoms. The van der Waals surface area contributed by atoms with Crippen LogP contribution in [0.5, 0.6) is 0 Å². The number of hydrogen-bond donors (Lipinski definition) is 3. The van der Waals surface area contributed by atoms with Crippen LogP contribution in [0.1, 0.15) is 67.1 Å². The van der Waals surface area contributed by atoms with Gasteiger partial charge < -0.3 is 25.2 Å². The van der Waals surface area contributed by atoms with Crippen molar-refractivity contribution in [1.29, 1.82) is 0 Å². The first-order valence-electron chi connectivity index (χ1n) is 15.1. The zero-order valence-corrected chi connectivity index (χ0v) is 24.9. The van der Waals surface area contributed by atoms with Crippen LogP contribution in [0, 0.1) is 10.1 Å². The first-order chi connectivity index (χ1) is 21.6. The van der Waals surface area contributed by atoms with Gasteiger partial charge in [-0.1, -0.05) is 81.9 Å². The van der Waals surface area contributed by atoms with Gasteiger partial charge >= 0.3 is 0 Å². The predicted octanol–water partition coefficient (Wildman–Crippen LogP) is 8.81. The lowest BCUT2D eigenvalue weighted by Gasteiger charge is -2.24. The van der Waals surface area contributed by atoms with E-state index in [2.05, 4.69) is 46.4 Å². The van der Waals surface area contributed by atoms with E-state index in [1.807, 2.05) is 56.3 Å². The summed E-state index contributed by atoms with van der Waals surface area (Å²) < 4.78 is 11.9. The fraction of sp³-hybridized carbons (Fsp3) is 0.243. The van der Waals surface area contributed by atoms with Gasteiger partial charge in [0.2, 0.25) is 0 Å². The van der Waals surface area contributed by atoms with Crippen LogP contribution in [-0.2, 0) is 22.3 Å². The molecule has 2 atom stereocenters. The van der Waals surface area contributed by atoms with E-state index in [-0.39, 0.29) is 30.2 Å². The van der Waals surface area contributed by atoms with Gasteiger partial charge in [-0.25, -0.2) is 0 Å². The average molecular weight is 605 g/mol. The monoisotopic (exact) mass is 604 g/mol. The number of aromatic amines is 2. The number of nitrogens with one attached hydrogen (secondary N) is 2. The topological polar surface area (TPSA) is 119 Å². The minimum atomic E-state index is -0.377. The average Bonchev–Trinajstić information content (AvgIpc) is 3.65. The second-order valence-electron chi connectivity index (χ2n) is 10.6. The molecule has 45 heavy (non-hydrogen) atoms. The van der Waals surface area contributed by atoms with Gasteiger partial charge in [-0.05, 0) is 59.4 Å². The summed E-state index contributed by atoms with van der Waals surface area (Å²) in [7, 11) is 0. The number of rotatable bonds is 3. The Morgan fingerprint density at radius 1 is 0.711 bits per heavy atom. The summed E-state index contributed by atoms with van der Waals surface area (Å²) in [5.41, 5.74) is 15.7. The summed E-state index contributed by atoms with van der Waals surface area (Å²) in [6.45, 7) is 5.36. The fourth-order valence-corrected chi connectivity index (χ4v) is 6.20. The number of H-pyrrole nitrogens is 2. The van der Waals surface area contributed by atoms with E-state index < -0.39 is 0 Å². The second-order valence-corrected chi connectivity index (χ2v) is 10.6. The molecular formula is C37H40N4O4. The number of anilines is 1. The Hall–Kier alpha value is -4.92. The van der Waals surface area contributed by atoms with Gasteiger partial charge in [0.1, 0.15) is 12.2 Å². The molecule has 0 saturated carbocycles. The maximum atomic E-state index is 11.0. The molecule has 0 saturated heterocycles. The van der Waals surface area contributed by atoms with Crippen molar-refractivity contribution in [3.63, 3.8) is 0 Å². The molecule has 0 amide bonds. The lowest BCUT2D eigenvalue weighted by molar-refractivity contribution is -0.385. The largest absolute Gasteiger partial charge is 0.399 e. The number of ether oxygens (including phenoxy) is 2. The van der Waals surface area contributed by atoms with Gasteiger partial charge in [0.15, 0.2) is 0 Å². The molecule has 2 aliphatic heterocycles. The van der Waals surface area contributed by atoms with E-state index >= 15 is 0 Å². The lowest BCUT2D eigenvalue weighted by atomic mass is 9.97. The van der Waals surface area contributed by atoms with Crippen LogP contribution in [0.25, 0.3) is 21.8 Å². The summed E-state index contributed by atoms with van der Waals surface area (Å²) in [5, 5.41) is 13.5. The summed E-state index contributed by atoms with van der Waals surface area (Å²) in [4.78, 5) is 17.5. The van der Waals surface area contributed by atoms with Gasteiger partial charge in [-0.2, -0.15) is 0 Å². The van der Waals surface area contributed by atoms with Crippen LogP contribution >= 0.6 is 0 Å². The van der Waals surface area contributed by atoms with Gasteiger partial charge in [0.05, 0.1) is 29.5 Å². The molecule has 4 heterocycles. The normalized spacial score (nSPS) is 16.7. The van der Waals surface area contributed by atoms with E-state index in [1.165, 1.54) is 39.2 Å². The summed E-state index contributed by atoms with van der Waals surface area (Å²) >= 11 is 0. The zero-order valence-electron chi connectivity index (χ0n) is 24.9.